The zero-order valence-corrected chi connectivity index (χ0v) is 11.5. The van der Waals surface area contributed by atoms with Crippen LogP contribution in [0.15, 0.2) is 30.3 Å². The minimum absolute atomic E-state index is 0.0284. The monoisotopic (exact) mass is 308 g/mol. The second-order valence-electron chi connectivity index (χ2n) is 4.06. The van der Waals surface area contributed by atoms with E-state index in [4.69, 9.17) is 21.4 Å². The van der Waals surface area contributed by atoms with Crippen LogP contribution >= 0.6 is 11.6 Å². The molecule has 8 heteroatoms. The summed E-state index contributed by atoms with van der Waals surface area (Å²) in [5.41, 5.74) is -0.0196. The number of aryl methyl sites for hydroxylation is 1. The first-order valence-electron chi connectivity index (χ1n) is 5.71. The fourth-order valence-corrected chi connectivity index (χ4v) is 1.82. The molecule has 0 bridgehead atoms. The molecule has 0 radical (unpaired) electrons. The van der Waals surface area contributed by atoms with Crippen molar-refractivity contribution in [3.8, 4) is 11.6 Å². The molecule has 0 spiro atoms. The average Bonchev–Trinajstić information content (AvgIpc) is 2.40. The minimum Gasteiger partial charge on any atom is -0.478 e. The Hall–Kier alpha value is -2.67. The van der Waals surface area contributed by atoms with E-state index in [1.54, 1.807) is 0 Å². The first kappa shape index (κ1) is 14.7. The predicted octanol–water partition coefficient (Wildman–Crippen LogP) is 3.44. The number of aromatic nitrogens is 1. The number of pyridine rings is 1. The van der Waals surface area contributed by atoms with Crippen molar-refractivity contribution in [1.29, 1.82) is 0 Å². The summed E-state index contributed by atoms with van der Waals surface area (Å²) in [6, 6.07) is 6.61. The molecule has 1 N–H and O–H groups in total. The summed E-state index contributed by atoms with van der Waals surface area (Å²) in [5.74, 6) is -1.08. The highest BCUT2D eigenvalue weighted by atomic mass is 35.5. The highest BCUT2D eigenvalue weighted by molar-refractivity contribution is 6.30. The smallest absolute Gasteiger partial charge is 0.337 e. The normalized spacial score (nSPS) is 10.2. The van der Waals surface area contributed by atoms with Gasteiger partial charge in [-0.1, -0.05) is 11.6 Å². The SMILES string of the molecule is Cc1nc(Oc2ccc(Cl)cc2[N+](=O)[O-])ccc1C(=O)O. The molecule has 1 aromatic heterocycles. The Balaban J connectivity index is 2.37. The largest absolute Gasteiger partial charge is 0.478 e. The molecule has 0 unspecified atom stereocenters. The van der Waals surface area contributed by atoms with Gasteiger partial charge in [0.15, 0.2) is 0 Å². The van der Waals surface area contributed by atoms with Crippen molar-refractivity contribution in [2.45, 2.75) is 6.92 Å². The standard InChI is InChI=1S/C13H9ClN2O5/c1-7-9(13(17)18)3-5-12(15-7)21-11-4-2-8(14)6-10(11)16(19)20/h2-6H,1H3,(H,17,18). The highest BCUT2D eigenvalue weighted by Crippen LogP contribution is 2.33. The van der Waals surface area contributed by atoms with Crippen molar-refractivity contribution in [3.63, 3.8) is 0 Å². The van der Waals surface area contributed by atoms with Crippen LogP contribution in [0.1, 0.15) is 16.1 Å². The maximum atomic E-state index is 10.9. The summed E-state index contributed by atoms with van der Waals surface area (Å²) in [7, 11) is 0. The molecule has 0 amide bonds. The second kappa shape index (κ2) is 5.76. The average molecular weight is 309 g/mol. The maximum absolute atomic E-state index is 10.9. The highest BCUT2D eigenvalue weighted by Gasteiger charge is 2.17. The molecule has 1 aromatic carbocycles. The molecular weight excluding hydrogens is 300 g/mol. The van der Waals surface area contributed by atoms with E-state index in [0.29, 0.717) is 0 Å². The number of nitro benzene ring substituents is 1. The number of nitro groups is 1. The topological polar surface area (TPSA) is 103 Å². The first-order chi connectivity index (χ1) is 9.88. The van der Waals surface area contributed by atoms with E-state index < -0.39 is 10.9 Å². The van der Waals surface area contributed by atoms with Gasteiger partial charge in [-0.25, -0.2) is 9.78 Å². The quantitative estimate of drug-likeness (QED) is 0.685. The van der Waals surface area contributed by atoms with Crippen molar-refractivity contribution in [2.24, 2.45) is 0 Å². The third-order valence-electron chi connectivity index (χ3n) is 2.62. The third kappa shape index (κ3) is 3.26. The Kier molecular flexibility index (Phi) is 4.04. The van der Waals surface area contributed by atoms with Gasteiger partial charge >= 0.3 is 11.7 Å². The zero-order chi connectivity index (χ0) is 15.6. The van der Waals surface area contributed by atoms with Crippen molar-refractivity contribution < 1.29 is 19.6 Å². The summed E-state index contributed by atoms with van der Waals surface area (Å²) in [4.78, 5) is 25.2. The van der Waals surface area contributed by atoms with Crippen molar-refractivity contribution in [1.82, 2.24) is 4.98 Å². The molecule has 0 saturated heterocycles. The predicted molar refractivity (Wildman–Crippen MR) is 74.1 cm³/mol. The Morgan fingerprint density at radius 3 is 2.67 bits per heavy atom. The molecular formula is C13H9ClN2O5. The number of benzene rings is 1. The van der Waals surface area contributed by atoms with Gasteiger partial charge < -0.3 is 9.84 Å². The molecule has 0 atom stereocenters. The molecule has 0 aliphatic carbocycles. The number of hydrogen-bond acceptors (Lipinski definition) is 5. The van der Waals surface area contributed by atoms with Gasteiger partial charge in [-0.05, 0) is 25.1 Å². The number of halogens is 1. The molecule has 1 heterocycles. The molecule has 7 nitrogen and oxygen atoms in total. The zero-order valence-electron chi connectivity index (χ0n) is 10.7. The second-order valence-corrected chi connectivity index (χ2v) is 4.50. The summed E-state index contributed by atoms with van der Waals surface area (Å²) < 4.78 is 5.34. The summed E-state index contributed by atoms with van der Waals surface area (Å²) >= 11 is 5.70. The Labute approximate surface area is 123 Å². The van der Waals surface area contributed by atoms with Crippen LogP contribution in [0.2, 0.25) is 5.02 Å². The van der Waals surface area contributed by atoms with Crippen LogP contribution in [0, 0.1) is 17.0 Å². The van der Waals surface area contributed by atoms with Crippen LogP contribution in [0.25, 0.3) is 0 Å². The lowest BCUT2D eigenvalue weighted by Gasteiger charge is -2.07. The molecule has 0 saturated carbocycles. The lowest BCUT2D eigenvalue weighted by Crippen LogP contribution is -2.02. The summed E-state index contributed by atoms with van der Waals surface area (Å²) in [5, 5.41) is 20.1. The number of aromatic carboxylic acids is 1. The number of hydrogen-bond donors (Lipinski definition) is 1. The van der Waals surface area contributed by atoms with E-state index in [0.717, 1.165) is 6.07 Å². The van der Waals surface area contributed by atoms with Gasteiger partial charge in [-0.3, -0.25) is 10.1 Å². The van der Waals surface area contributed by atoms with Crippen molar-refractivity contribution >= 4 is 23.3 Å². The maximum Gasteiger partial charge on any atom is 0.337 e. The summed E-state index contributed by atoms with van der Waals surface area (Å²) in [6.07, 6.45) is 0. The number of rotatable bonds is 4. The third-order valence-corrected chi connectivity index (χ3v) is 2.86. The van der Waals surface area contributed by atoms with Gasteiger partial charge in [0, 0.05) is 17.2 Å². The van der Waals surface area contributed by atoms with E-state index in [9.17, 15) is 14.9 Å². The van der Waals surface area contributed by atoms with Gasteiger partial charge in [0.2, 0.25) is 11.6 Å². The van der Waals surface area contributed by atoms with E-state index in [1.807, 2.05) is 0 Å². The lowest BCUT2D eigenvalue weighted by atomic mass is 10.2. The van der Waals surface area contributed by atoms with Crippen LogP contribution in [0.4, 0.5) is 5.69 Å². The molecule has 108 valence electrons. The fourth-order valence-electron chi connectivity index (χ4n) is 1.65. The molecule has 0 aliphatic heterocycles. The van der Waals surface area contributed by atoms with Gasteiger partial charge in [0.05, 0.1) is 16.2 Å². The Bertz CT molecular complexity index is 732. The van der Waals surface area contributed by atoms with E-state index in [1.165, 1.54) is 31.2 Å². The van der Waals surface area contributed by atoms with Gasteiger partial charge in [0.25, 0.3) is 0 Å². The lowest BCUT2D eigenvalue weighted by molar-refractivity contribution is -0.385. The van der Waals surface area contributed by atoms with E-state index in [2.05, 4.69) is 4.98 Å². The number of carbonyl (C=O) groups is 1. The molecule has 2 aromatic rings. The number of nitrogens with zero attached hydrogens (tertiary/aromatic N) is 2. The van der Waals surface area contributed by atoms with Crippen LogP contribution in [0.5, 0.6) is 11.6 Å². The van der Waals surface area contributed by atoms with Crippen LogP contribution in [0.3, 0.4) is 0 Å². The van der Waals surface area contributed by atoms with Gasteiger partial charge in [-0.2, -0.15) is 0 Å². The number of ether oxygens (including phenoxy) is 1. The molecule has 2 rings (SSSR count). The van der Waals surface area contributed by atoms with Crippen molar-refractivity contribution in [3.05, 3.63) is 56.7 Å². The minimum atomic E-state index is -1.11. The van der Waals surface area contributed by atoms with Gasteiger partial charge in [-0.15, -0.1) is 0 Å². The number of carboxylic acid groups (broad SMARTS) is 1. The molecule has 0 aliphatic rings. The Morgan fingerprint density at radius 2 is 2.10 bits per heavy atom. The number of carboxylic acids is 1. The van der Waals surface area contributed by atoms with E-state index >= 15 is 0 Å². The molecule has 21 heavy (non-hydrogen) atoms. The van der Waals surface area contributed by atoms with Crippen LogP contribution in [-0.2, 0) is 0 Å². The van der Waals surface area contributed by atoms with Crippen LogP contribution in [-0.4, -0.2) is 21.0 Å². The van der Waals surface area contributed by atoms with E-state index in [-0.39, 0.29) is 33.6 Å². The summed E-state index contributed by atoms with van der Waals surface area (Å²) in [6.45, 7) is 1.51. The fraction of sp³-hybridized carbons (Fsp3) is 0.0769. The first-order valence-corrected chi connectivity index (χ1v) is 6.09. The Morgan fingerprint density at radius 1 is 1.38 bits per heavy atom. The van der Waals surface area contributed by atoms with Gasteiger partial charge in [0.1, 0.15) is 0 Å². The van der Waals surface area contributed by atoms with Crippen LogP contribution < -0.4 is 4.74 Å². The molecule has 0 fully saturated rings. The van der Waals surface area contributed by atoms with Crippen molar-refractivity contribution in [2.75, 3.05) is 0 Å².